The maximum Gasteiger partial charge on any atom is 0.207 e. The number of nitrogens with zero attached hydrogens (tertiary/aromatic N) is 6. The van der Waals surface area contributed by atoms with Gasteiger partial charge in [-0.05, 0) is 61.7 Å². The van der Waals surface area contributed by atoms with Crippen molar-refractivity contribution in [1.82, 2.24) is 30.4 Å². The minimum atomic E-state index is -0.944. The molecule has 220 valence electrons. The molecule has 0 spiro atoms. The van der Waals surface area contributed by atoms with Gasteiger partial charge in [0.05, 0.1) is 10.6 Å². The van der Waals surface area contributed by atoms with E-state index in [4.69, 9.17) is 16.6 Å². The number of phenols is 1. The number of phenolic OH excluding ortho intramolecular Hbond substituents is 1. The Bertz CT molecular complexity index is 1870. The number of aromatic hydroxyl groups is 1. The van der Waals surface area contributed by atoms with Crippen LogP contribution >= 0.6 is 11.6 Å². The quantitative estimate of drug-likeness (QED) is 0.317. The number of halogens is 4. The van der Waals surface area contributed by atoms with Gasteiger partial charge < -0.3 is 15.3 Å². The number of alkyl halides is 1. The van der Waals surface area contributed by atoms with Gasteiger partial charge in [0.15, 0.2) is 17.2 Å². The third-order valence-corrected chi connectivity index (χ3v) is 9.70. The summed E-state index contributed by atoms with van der Waals surface area (Å²) < 4.78 is 46.3. The zero-order chi connectivity index (χ0) is 29.5. The van der Waals surface area contributed by atoms with Crippen LogP contribution in [0.15, 0.2) is 24.3 Å². The normalized spacial score (nSPS) is 26.7. The van der Waals surface area contributed by atoms with E-state index in [1.807, 2.05) is 0 Å². The van der Waals surface area contributed by atoms with E-state index in [1.54, 1.807) is 6.07 Å². The van der Waals surface area contributed by atoms with Crippen LogP contribution in [0, 0.1) is 23.5 Å². The first-order valence-electron chi connectivity index (χ1n) is 14.6. The van der Waals surface area contributed by atoms with Crippen molar-refractivity contribution in [3.8, 4) is 28.8 Å². The van der Waals surface area contributed by atoms with Crippen LogP contribution in [0.1, 0.15) is 37.9 Å². The summed E-state index contributed by atoms with van der Waals surface area (Å²) in [5.41, 5.74) is -0.799. The molecule has 4 atom stereocenters. The second kappa shape index (κ2) is 9.91. The molecule has 2 N–H and O–H groups in total. The number of fused-ring (bicyclic) bond motifs is 6. The first-order chi connectivity index (χ1) is 20.8. The van der Waals surface area contributed by atoms with E-state index in [0.717, 1.165) is 38.8 Å². The predicted molar refractivity (Wildman–Crippen MR) is 157 cm³/mol. The Morgan fingerprint density at radius 1 is 1.07 bits per heavy atom. The lowest BCUT2D eigenvalue weighted by atomic mass is 9.93. The van der Waals surface area contributed by atoms with Crippen molar-refractivity contribution in [2.75, 3.05) is 31.1 Å². The van der Waals surface area contributed by atoms with Crippen LogP contribution in [-0.2, 0) is 0 Å². The van der Waals surface area contributed by atoms with Crippen molar-refractivity contribution < 1.29 is 18.3 Å². The van der Waals surface area contributed by atoms with Crippen LogP contribution in [0.5, 0.6) is 5.75 Å². The SMILES string of the molecule is Oc1cc(-c2nnc3c(N4C[C@@H]5CC[C@H]4CN5)nc(C#C[C@@]45CCCN4C[C@H](F)C5)nc3c2F)c2c(F)c(Cl)ccc2c1. The Labute approximate surface area is 250 Å². The highest BCUT2D eigenvalue weighted by atomic mass is 35.5. The summed E-state index contributed by atoms with van der Waals surface area (Å²) in [4.78, 5) is 13.5. The molecular weight excluding hydrogens is 579 g/mol. The lowest BCUT2D eigenvalue weighted by Gasteiger charge is -2.46. The van der Waals surface area contributed by atoms with Gasteiger partial charge in [-0.15, -0.1) is 10.2 Å². The molecule has 2 aromatic carbocycles. The summed E-state index contributed by atoms with van der Waals surface area (Å²) in [6.07, 6.45) is 3.04. The predicted octanol–water partition coefficient (Wildman–Crippen LogP) is 4.75. The standard InChI is InChI=1S/C31H27ClF3N7O/c32-22-5-2-16-10-20(43)11-21(24(16)25(22)34)27-26(35)28-29(40-39-27)30(42-15-18-3-4-19(42)13-36-18)38-23(37-28)6-8-31-7-1-9-41(31)14-17(33)12-31/h2,5,10-11,17-19,36,43H,1,3-4,7,9,12-15H2/t17-,18+,19+,31-/m1/s1. The summed E-state index contributed by atoms with van der Waals surface area (Å²) in [7, 11) is 0. The number of piperazine rings is 1. The fourth-order valence-corrected chi connectivity index (χ4v) is 7.53. The molecule has 2 bridgehead atoms. The molecule has 43 heavy (non-hydrogen) atoms. The van der Waals surface area contributed by atoms with Gasteiger partial charge in [0.25, 0.3) is 0 Å². The second-order valence-corrected chi connectivity index (χ2v) is 12.4. The Kier molecular flexibility index (Phi) is 6.19. The zero-order valence-corrected chi connectivity index (χ0v) is 23.8. The minimum Gasteiger partial charge on any atom is -0.508 e. The van der Waals surface area contributed by atoms with Crippen LogP contribution in [0.3, 0.4) is 0 Å². The van der Waals surface area contributed by atoms with Gasteiger partial charge in [0.1, 0.15) is 28.9 Å². The van der Waals surface area contributed by atoms with Crippen molar-refractivity contribution in [2.45, 2.75) is 55.9 Å². The molecule has 7 heterocycles. The van der Waals surface area contributed by atoms with Crippen molar-refractivity contribution in [3.05, 3.63) is 46.7 Å². The molecule has 0 unspecified atom stereocenters. The van der Waals surface area contributed by atoms with Crippen LogP contribution in [0.4, 0.5) is 19.0 Å². The first-order valence-corrected chi connectivity index (χ1v) is 14.9. The summed E-state index contributed by atoms with van der Waals surface area (Å²) in [6, 6.07) is 5.91. The average Bonchev–Trinajstić information content (AvgIpc) is 3.54. The number of piperidine rings is 2. The molecule has 0 aliphatic carbocycles. The van der Waals surface area contributed by atoms with Crippen LogP contribution in [0.25, 0.3) is 33.1 Å². The van der Waals surface area contributed by atoms with Gasteiger partial charge in [0.2, 0.25) is 5.82 Å². The Balaban J connectivity index is 1.33. The number of nitrogens with one attached hydrogen (secondary N) is 1. The highest BCUT2D eigenvalue weighted by Crippen LogP contribution is 2.41. The molecule has 4 aromatic rings. The molecular formula is C31H27ClF3N7O. The number of aromatic nitrogens is 4. The van der Waals surface area contributed by atoms with Crippen molar-refractivity contribution in [2.24, 2.45) is 0 Å². The maximum absolute atomic E-state index is 16.6. The van der Waals surface area contributed by atoms with Gasteiger partial charge >= 0.3 is 0 Å². The third kappa shape index (κ3) is 4.30. The summed E-state index contributed by atoms with van der Waals surface area (Å²) in [6.45, 7) is 2.57. The molecule has 0 saturated carbocycles. The third-order valence-electron chi connectivity index (χ3n) is 9.41. The Morgan fingerprint density at radius 2 is 1.95 bits per heavy atom. The van der Waals surface area contributed by atoms with Crippen LogP contribution in [0.2, 0.25) is 5.02 Å². The average molecular weight is 606 g/mol. The van der Waals surface area contributed by atoms with Gasteiger partial charge in [-0.2, -0.15) is 0 Å². The second-order valence-electron chi connectivity index (χ2n) is 12.0. The summed E-state index contributed by atoms with van der Waals surface area (Å²) >= 11 is 6.08. The molecule has 5 saturated heterocycles. The molecule has 5 fully saturated rings. The molecule has 5 aliphatic heterocycles. The van der Waals surface area contributed by atoms with Crippen LogP contribution in [-0.4, -0.2) is 80.1 Å². The van der Waals surface area contributed by atoms with E-state index in [9.17, 15) is 9.50 Å². The highest BCUT2D eigenvalue weighted by molar-refractivity contribution is 6.31. The number of rotatable bonds is 2. The molecule has 0 amide bonds. The molecule has 2 aromatic heterocycles. The molecule has 5 aliphatic rings. The maximum atomic E-state index is 16.6. The first kappa shape index (κ1) is 26.9. The van der Waals surface area contributed by atoms with Gasteiger partial charge in [-0.25, -0.2) is 23.1 Å². The molecule has 0 radical (unpaired) electrons. The van der Waals surface area contributed by atoms with Crippen molar-refractivity contribution in [3.63, 3.8) is 0 Å². The van der Waals surface area contributed by atoms with Gasteiger partial charge in [-0.3, -0.25) is 4.90 Å². The molecule has 8 nitrogen and oxygen atoms in total. The number of anilines is 1. The number of hydrogen-bond donors (Lipinski definition) is 2. The topological polar surface area (TPSA) is 90.3 Å². The monoisotopic (exact) mass is 605 g/mol. The lowest BCUT2D eigenvalue weighted by Crippen LogP contribution is -2.61. The van der Waals surface area contributed by atoms with Gasteiger partial charge in [-0.1, -0.05) is 23.6 Å². The largest absolute Gasteiger partial charge is 0.508 e. The van der Waals surface area contributed by atoms with E-state index in [1.165, 1.54) is 18.2 Å². The number of benzene rings is 2. The Hall–Kier alpha value is -3.72. The highest BCUT2D eigenvalue weighted by Gasteiger charge is 2.47. The van der Waals surface area contributed by atoms with E-state index < -0.39 is 23.3 Å². The van der Waals surface area contributed by atoms with Crippen molar-refractivity contribution >= 4 is 39.2 Å². The van der Waals surface area contributed by atoms with Crippen LogP contribution < -0.4 is 10.2 Å². The fraction of sp³-hybridized carbons (Fsp3) is 0.419. The van der Waals surface area contributed by atoms with E-state index in [-0.39, 0.29) is 56.4 Å². The van der Waals surface area contributed by atoms with Crippen molar-refractivity contribution in [1.29, 1.82) is 0 Å². The van der Waals surface area contributed by atoms with Gasteiger partial charge in [0, 0.05) is 49.1 Å². The molecule has 12 heteroatoms. The lowest BCUT2D eigenvalue weighted by molar-refractivity contribution is 0.255. The summed E-state index contributed by atoms with van der Waals surface area (Å²) in [5, 5.41) is 22.7. The Morgan fingerprint density at radius 3 is 2.74 bits per heavy atom. The smallest absolute Gasteiger partial charge is 0.207 e. The minimum absolute atomic E-state index is 0.00337. The van der Waals surface area contributed by atoms with E-state index >= 15 is 8.78 Å². The number of hydrogen-bond acceptors (Lipinski definition) is 8. The van der Waals surface area contributed by atoms with E-state index in [0.29, 0.717) is 30.7 Å². The zero-order valence-electron chi connectivity index (χ0n) is 23.0. The van der Waals surface area contributed by atoms with E-state index in [2.05, 4.69) is 42.1 Å². The summed E-state index contributed by atoms with van der Waals surface area (Å²) in [5.74, 6) is 5.09. The molecule has 9 rings (SSSR count). The fourth-order valence-electron chi connectivity index (χ4n) is 7.37.